The fourth-order valence-corrected chi connectivity index (χ4v) is 2.84. The summed E-state index contributed by atoms with van der Waals surface area (Å²) >= 11 is 0. The minimum Gasteiger partial charge on any atom is -0.258 e. The maximum absolute atomic E-state index is 13.2. The van der Waals surface area contributed by atoms with Crippen molar-refractivity contribution in [2.75, 3.05) is 0 Å². The van der Waals surface area contributed by atoms with Gasteiger partial charge >= 0.3 is 5.69 Å². The van der Waals surface area contributed by atoms with Gasteiger partial charge in [0.25, 0.3) is 0 Å². The lowest BCUT2D eigenvalue weighted by molar-refractivity contribution is -0.387. The van der Waals surface area contributed by atoms with E-state index >= 15 is 0 Å². The molecule has 1 atom stereocenters. The molecule has 1 unspecified atom stereocenters. The average molecular weight is 300 g/mol. The molecule has 1 aromatic rings. The lowest BCUT2D eigenvalue weighted by atomic mass is 10.2. The highest BCUT2D eigenvalue weighted by molar-refractivity contribution is 7.89. The zero-order chi connectivity index (χ0) is 15.3. The van der Waals surface area contributed by atoms with Gasteiger partial charge in [0.2, 0.25) is 15.8 Å². The third kappa shape index (κ3) is 3.76. The van der Waals surface area contributed by atoms with Crippen molar-refractivity contribution in [1.29, 1.82) is 0 Å². The van der Waals surface area contributed by atoms with E-state index < -0.39 is 32.5 Å². The molecule has 0 aliphatic rings. The molecule has 0 aromatic heterocycles. The molecule has 1 N–H and O–H groups in total. The molecule has 108 valence electrons. The maximum Gasteiger partial charge on any atom is 0.306 e. The van der Waals surface area contributed by atoms with Crippen LogP contribution in [0.5, 0.6) is 0 Å². The predicted octanol–water partition coefficient (Wildman–Crippen LogP) is 1.81. The molecule has 0 bridgehead atoms. The standard InChI is InChI=1S/C12H13FN2O4S/c1-3-5-9(4-2)14-20(18,19)10-6-7-11(13)12(8-10)15(16)17/h1,6-9,14H,4-5H2,2H3. The molecule has 0 saturated carbocycles. The average Bonchev–Trinajstić information content (AvgIpc) is 2.37. The van der Waals surface area contributed by atoms with E-state index in [1.807, 2.05) is 0 Å². The van der Waals surface area contributed by atoms with E-state index in [0.717, 1.165) is 12.1 Å². The van der Waals surface area contributed by atoms with E-state index in [9.17, 15) is 22.9 Å². The third-order valence-electron chi connectivity index (χ3n) is 2.60. The number of halogens is 1. The zero-order valence-electron chi connectivity index (χ0n) is 10.7. The second kappa shape index (κ2) is 6.45. The minimum atomic E-state index is -3.98. The van der Waals surface area contributed by atoms with Gasteiger partial charge in [-0.05, 0) is 18.6 Å². The Labute approximate surface area is 116 Å². The number of nitrogens with one attached hydrogen (secondary N) is 1. The summed E-state index contributed by atoms with van der Waals surface area (Å²) in [6.45, 7) is 1.75. The van der Waals surface area contributed by atoms with Crippen molar-refractivity contribution in [3.8, 4) is 12.3 Å². The van der Waals surface area contributed by atoms with Crippen LogP contribution in [0.15, 0.2) is 23.1 Å². The summed E-state index contributed by atoms with van der Waals surface area (Å²) in [5.74, 6) is 1.24. The predicted molar refractivity (Wildman–Crippen MR) is 70.9 cm³/mol. The van der Waals surface area contributed by atoms with Gasteiger partial charge in [-0.15, -0.1) is 12.3 Å². The summed E-state index contributed by atoms with van der Waals surface area (Å²) in [7, 11) is -3.98. The Bertz CT molecular complexity index is 652. The lowest BCUT2D eigenvalue weighted by Crippen LogP contribution is -2.34. The van der Waals surface area contributed by atoms with E-state index in [1.165, 1.54) is 0 Å². The Kier molecular flexibility index (Phi) is 5.19. The number of benzene rings is 1. The number of nitro groups is 1. The van der Waals surface area contributed by atoms with Crippen molar-refractivity contribution in [2.24, 2.45) is 0 Å². The van der Waals surface area contributed by atoms with Crippen LogP contribution in [0.1, 0.15) is 19.8 Å². The Morgan fingerprint density at radius 3 is 2.70 bits per heavy atom. The summed E-state index contributed by atoms with van der Waals surface area (Å²) in [6.07, 6.45) is 5.78. The Hall–Kier alpha value is -1.98. The van der Waals surface area contributed by atoms with Gasteiger partial charge in [-0.3, -0.25) is 10.1 Å². The summed E-state index contributed by atoms with van der Waals surface area (Å²) in [5.41, 5.74) is -0.891. The molecule has 20 heavy (non-hydrogen) atoms. The molecule has 1 rings (SSSR count). The third-order valence-corrected chi connectivity index (χ3v) is 4.12. The van der Waals surface area contributed by atoms with Crippen LogP contribution in [0.3, 0.4) is 0 Å². The van der Waals surface area contributed by atoms with Crippen molar-refractivity contribution in [3.05, 3.63) is 34.1 Å². The molecular formula is C12H13FN2O4S. The Morgan fingerprint density at radius 2 is 2.20 bits per heavy atom. The quantitative estimate of drug-likeness (QED) is 0.493. The fourth-order valence-electron chi connectivity index (χ4n) is 1.50. The van der Waals surface area contributed by atoms with Crippen LogP contribution in [-0.2, 0) is 10.0 Å². The van der Waals surface area contributed by atoms with Crippen LogP contribution in [0, 0.1) is 28.3 Å². The van der Waals surface area contributed by atoms with E-state index in [-0.39, 0.29) is 11.3 Å². The van der Waals surface area contributed by atoms with Crippen molar-refractivity contribution in [1.82, 2.24) is 4.72 Å². The Balaban J connectivity index is 3.13. The number of terminal acetylenes is 1. The molecule has 0 radical (unpaired) electrons. The molecule has 0 aliphatic carbocycles. The summed E-state index contributed by atoms with van der Waals surface area (Å²) < 4.78 is 39.6. The minimum absolute atomic E-state index is 0.193. The lowest BCUT2D eigenvalue weighted by Gasteiger charge is -2.14. The second-order valence-electron chi connectivity index (χ2n) is 4.01. The molecule has 6 nitrogen and oxygen atoms in total. The maximum atomic E-state index is 13.2. The zero-order valence-corrected chi connectivity index (χ0v) is 11.5. The monoisotopic (exact) mass is 300 g/mol. The van der Waals surface area contributed by atoms with E-state index in [0.29, 0.717) is 12.5 Å². The number of nitrogens with zero attached hydrogens (tertiary/aromatic N) is 1. The molecule has 0 amide bonds. The normalized spacial score (nSPS) is 12.7. The van der Waals surface area contributed by atoms with Gasteiger partial charge in [0.05, 0.1) is 9.82 Å². The molecule has 0 aliphatic heterocycles. The van der Waals surface area contributed by atoms with Gasteiger partial charge in [0.1, 0.15) is 0 Å². The number of sulfonamides is 1. The highest BCUT2D eigenvalue weighted by Crippen LogP contribution is 2.21. The second-order valence-corrected chi connectivity index (χ2v) is 5.72. The van der Waals surface area contributed by atoms with Gasteiger partial charge in [0.15, 0.2) is 0 Å². The number of hydrogen-bond acceptors (Lipinski definition) is 4. The molecule has 1 aromatic carbocycles. The van der Waals surface area contributed by atoms with Crippen LogP contribution < -0.4 is 4.72 Å². The van der Waals surface area contributed by atoms with Crippen LogP contribution in [-0.4, -0.2) is 19.4 Å². The van der Waals surface area contributed by atoms with Crippen LogP contribution in [0.25, 0.3) is 0 Å². The summed E-state index contributed by atoms with van der Waals surface area (Å²) in [5, 5.41) is 10.6. The first-order chi connectivity index (χ1) is 9.31. The van der Waals surface area contributed by atoms with Crippen molar-refractivity contribution >= 4 is 15.7 Å². The largest absolute Gasteiger partial charge is 0.306 e. The highest BCUT2D eigenvalue weighted by atomic mass is 32.2. The Morgan fingerprint density at radius 1 is 1.55 bits per heavy atom. The highest BCUT2D eigenvalue weighted by Gasteiger charge is 2.23. The fraction of sp³-hybridized carbons (Fsp3) is 0.333. The summed E-state index contributed by atoms with van der Waals surface area (Å²) in [6, 6.07) is 1.91. The van der Waals surface area contributed by atoms with Crippen molar-refractivity contribution in [3.63, 3.8) is 0 Å². The van der Waals surface area contributed by atoms with Gasteiger partial charge < -0.3 is 0 Å². The van der Waals surface area contributed by atoms with Gasteiger partial charge in [0, 0.05) is 18.5 Å². The van der Waals surface area contributed by atoms with Crippen molar-refractivity contribution in [2.45, 2.75) is 30.7 Å². The van der Waals surface area contributed by atoms with Crippen LogP contribution in [0.4, 0.5) is 10.1 Å². The molecule has 0 fully saturated rings. The van der Waals surface area contributed by atoms with E-state index in [4.69, 9.17) is 6.42 Å². The first-order valence-corrected chi connectivity index (χ1v) is 7.20. The first kappa shape index (κ1) is 16.1. The summed E-state index contributed by atoms with van der Waals surface area (Å²) in [4.78, 5) is 9.25. The molecular weight excluding hydrogens is 287 g/mol. The van der Waals surface area contributed by atoms with Crippen LogP contribution >= 0.6 is 0 Å². The van der Waals surface area contributed by atoms with E-state index in [1.54, 1.807) is 6.92 Å². The topological polar surface area (TPSA) is 89.3 Å². The number of hydrogen-bond donors (Lipinski definition) is 1. The van der Waals surface area contributed by atoms with Gasteiger partial charge in [-0.25, -0.2) is 13.1 Å². The SMILES string of the molecule is C#CCC(CC)NS(=O)(=O)c1ccc(F)c([N+](=O)[O-])c1. The number of nitro benzene ring substituents is 1. The van der Waals surface area contributed by atoms with Crippen LogP contribution in [0.2, 0.25) is 0 Å². The smallest absolute Gasteiger partial charge is 0.258 e. The number of rotatable bonds is 6. The molecule has 8 heteroatoms. The van der Waals surface area contributed by atoms with Gasteiger partial charge in [-0.2, -0.15) is 4.39 Å². The van der Waals surface area contributed by atoms with Gasteiger partial charge in [-0.1, -0.05) is 6.92 Å². The molecule has 0 saturated heterocycles. The first-order valence-electron chi connectivity index (χ1n) is 5.71. The molecule has 0 spiro atoms. The molecule has 0 heterocycles. The van der Waals surface area contributed by atoms with E-state index in [2.05, 4.69) is 10.6 Å². The van der Waals surface area contributed by atoms with Crippen molar-refractivity contribution < 1.29 is 17.7 Å².